The average molecular weight is 251 g/mol. The first kappa shape index (κ1) is 11.7. The van der Waals surface area contributed by atoms with Gasteiger partial charge >= 0.3 is 0 Å². The molecule has 1 aromatic carbocycles. The second-order valence-corrected chi connectivity index (χ2v) is 4.20. The van der Waals surface area contributed by atoms with Gasteiger partial charge in [0.1, 0.15) is 5.69 Å². The summed E-state index contributed by atoms with van der Waals surface area (Å²) in [5, 5.41) is 1.03. The number of hydrogen-bond acceptors (Lipinski definition) is 4. The minimum atomic E-state index is 0.488. The van der Waals surface area contributed by atoms with E-state index in [1.165, 1.54) is 0 Å². The molecule has 0 aliphatic rings. The zero-order valence-electron chi connectivity index (χ0n) is 10.6. The van der Waals surface area contributed by atoms with Crippen molar-refractivity contribution in [2.24, 2.45) is 0 Å². The smallest absolute Gasteiger partial charge is 0.178 e. The molecule has 0 radical (unpaired) electrons. The monoisotopic (exact) mass is 251 g/mol. The Labute approximate surface area is 111 Å². The number of hydrogen-bond donors (Lipinski definition) is 0. The van der Waals surface area contributed by atoms with Crippen molar-refractivity contribution in [3.05, 3.63) is 54.4 Å². The van der Waals surface area contributed by atoms with Gasteiger partial charge in [0.05, 0.1) is 17.8 Å². The van der Waals surface area contributed by atoms with Crippen LogP contribution < -0.4 is 0 Å². The summed E-state index contributed by atoms with van der Waals surface area (Å²) in [5.41, 5.74) is 2.56. The summed E-state index contributed by atoms with van der Waals surface area (Å²) in [6, 6.07) is 13.7. The number of para-hydroxylation sites is 1. The summed E-state index contributed by atoms with van der Waals surface area (Å²) in [5.74, 6) is 0.636. The van der Waals surface area contributed by atoms with Gasteiger partial charge in [0.25, 0.3) is 0 Å². The van der Waals surface area contributed by atoms with Crippen LogP contribution >= 0.6 is 0 Å². The van der Waals surface area contributed by atoms with E-state index in [4.69, 9.17) is 4.74 Å². The molecule has 94 valence electrons. The Kier molecular flexibility index (Phi) is 3.16. The number of fused-ring (bicyclic) bond motifs is 1. The van der Waals surface area contributed by atoms with Crippen LogP contribution in [0.3, 0.4) is 0 Å². The highest BCUT2D eigenvalue weighted by Crippen LogP contribution is 2.16. The lowest BCUT2D eigenvalue weighted by molar-refractivity contribution is 0.181. The van der Waals surface area contributed by atoms with Crippen molar-refractivity contribution in [1.29, 1.82) is 0 Å². The van der Waals surface area contributed by atoms with Crippen LogP contribution in [0.4, 0.5) is 0 Å². The first-order valence-electron chi connectivity index (χ1n) is 6.04. The highest BCUT2D eigenvalue weighted by Gasteiger charge is 2.05. The van der Waals surface area contributed by atoms with Crippen LogP contribution in [0.15, 0.2) is 48.7 Å². The highest BCUT2D eigenvalue weighted by atomic mass is 16.5. The number of nitrogens with zero attached hydrogens (tertiary/aromatic N) is 3. The number of ether oxygens (including phenoxy) is 1. The molecule has 2 aromatic heterocycles. The van der Waals surface area contributed by atoms with Gasteiger partial charge < -0.3 is 4.74 Å². The van der Waals surface area contributed by atoms with Crippen molar-refractivity contribution in [2.45, 2.75) is 6.61 Å². The van der Waals surface area contributed by atoms with E-state index in [0.717, 1.165) is 22.3 Å². The van der Waals surface area contributed by atoms with Crippen LogP contribution in [0.25, 0.3) is 22.4 Å². The van der Waals surface area contributed by atoms with Gasteiger partial charge in [-0.2, -0.15) is 0 Å². The molecule has 0 aliphatic heterocycles. The molecule has 0 aliphatic carbocycles. The number of benzene rings is 1. The fourth-order valence-corrected chi connectivity index (χ4v) is 1.93. The Morgan fingerprint density at radius 2 is 1.89 bits per heavy atom. The number of methoxy groups -OCH3 is 1. The van der Waals surface area contributed by atoms with Gasteiger partial charge in [-0.1, -0.05) is 24.3 Å². The molecule has 0 bridgehead atoms. The van der Waals surface area contributed by atoms with Crippen LogP contribution in [0.5, 0.6) is 0 Å². The number of aromatic nitrogens is 3. The zero-order valence-corrected chi connectivity index (χ0v) is 10.6. The molecule has 3 aromatic rings. The minimum Gasteiger partial charge on any atom is -0.378 e. The summed E-state index contributed by atoms with van der Waals surface area (Å²) in [6.45, 7) is 0.488. The molecule has 0 saturated heterocycles. The molecule has 4 nitrogen and oxygen atoms in total. The first-order valence-corrected chi connectivity index (χ1v) is 6.04. The van der Waals surface area contributed by atoms with E-state index in [-0.39, 0.29) is 0 Å². The van der Waals surface area contributed by atoms with Crippen molar-refractivity contribution in [1.82, 2.24) is 15.0 Å². The van der Waals surface area contributed by atoms with Gasteiger partial charge in [-0.25, -0.2) is 15.0 Å². The maximum Gasteiger partial charge on any atom is 0.178 e. The Morgan fingerprint density at radius 3 is 2.79 bits per heavy atom. The maximum absolute atomic E-state index is 5.09. The Morgan fingerprint density at radius 1 is 1.00 bits per heavy atom. The predicted octanol–water partition coefficient (Wildman–Crippen LogP) is 2.84. The van der Waals surface area contributed by atoms with Crippen molar-refractivity contribution in [3.8, 4) is 11.5 Å². The van der Waals surface area contributed by atoms with Crippen LogP contribution in [-0.2, 0) is 11.3 Å². The van der Waals surface area contributed by atoms with Gasteiger partial charge in [-0.05, 0) is 18.2 Å². The van der Waals surface area contributed by atoms with Crippen LogP contribution in [0.1, 0.15) is 5.69 Å². The predicted molar refractivity (Wildman–Crippen MR) is 73.5 cm³/mol. The molecule has 0 unspecified atom stereocenters. The van der Waals surface area contributed by atoms with Crippen molar-refractivity contribution < 1.29 is 4.74 Å². The lowest BCUT2D eigenvalue weighted by atomic mass is 10.2. The van der Waals surface area contributed by atoms with Crippen molar-refractivity contribution in [3.63, 3.8) is 0 Å². The van der Waals surface area contributed by atoms with Gasteiger partial charge in [0, 0.05) is 18.7 Å². The van der Waals surface area contributed by atoms with Gasteiger partial charge in [-0.3, -0.25) is 0 Å². The standard InChI is InChI=1S/C15H13N3O/c1-19-10-12-6-4-8-14(17-12)15-16-9-11-5-2-3-7-13(11)18-15/h2-9H,10H2,1H3. The third-order valence-corrected chi connectivity index (χ3v) is 2.82. The topological polar surface area (TPSA) is 47.9 Å². The summed E-state index contributed by atoms with van der Waals surface area (Å²) in [4.78, 5) is 13.4. The summed E-state index contributed by atoms with van der Waals surface area (Å²) in [6.07, 6.45) is 1.82. The van der Waals surface area contributed by atoms with Gasteiger partial charge in [-0.15, -0.1) is 0 Å². The third kappa shape index (κ3) is 2.44. The molecule has 19 heavy (non-hydrogen) atoms. The molecule has 0 saturated carbocycles. The molecular weight excluding hydrogens is 238 g/mol. The fourth-order valence-electron chi connectivity index (χ4n) is 1.93. The lowest BCUT2D eigenvalue weighted by Gasteiger charge is -2.04. The lowest BCUT2D eigenvalue weighted by Crippen LogP contribution is -1.96. The average Bonchev–Trinajstić information content (AvgIpc) is 2.47. The van der Waals surface area contributed by atoms with E-state index in [9.17, 15) is 0 Å². The fraction of sp³-hybridized carbons (Fsp3) is 0.133. The minimum absolute atomic E-state index is 0.488. The summed E-state index contributed by atoms with van der Waals surface area (Å²) < 4.78 is 5.09. The molecule has 4 heteroatoms. The van der Waals surface area contributed by atoms with E-state index < -0.39 is 0 Å². The van der Waals surface area contributed by atoms with Gasteiger partial charge in [0.2, 0.25) is 0 Å². The quantitative estimate of drug-likeness (QED) is 0.718. The van der Waals surface area contributed by atoms with Crippen molar-refractivity contribution >= 4 is 10.9 Å². The summed E-state index contributed by atoms with van der Waals surface area (Å²) >= 11 is 0. The molecular formula is C15H13N3O. The highest BCUT2D eigenvalue weighted by molar-refractivity contribution is 5.78. The second kappa shape index (κ2) is 5.12. The molecule has 0 amide bonds. The molecule has 3 rings (SSSR count). The molecule has 0 atom stereocenters. The third-order valence-electron chi connectivity index (χ3n) is 2.82. The molecule has 0 spiro atoms. The SMILES string of the molecule is COCc1cccc(-c2ncc3ccccc3n2)n1. The van der Waals surface area contributed by atoms with Crippen LogP contribution in [-0.4, -0.2) is 22.1 Å². The molecule has 0 N–H and O–H groups in total. The first-order chi connectivity index (χ1) is 9.36. The number of rotatable bonds is 3. The van der Waals surface area contributed by atoms with Gasteiger partial charge in [0.15, 0.2) is 5.82 Å². The zero-order chi connectivity index (χ0) is 13.1. The Bertz CT molecular complexity index is 712. The number of pyridine rings is 1. The van der Waals surface area contributed by atoms with E-state index in [1.54, 1.807) is 7.11 Å². The Balaban J connectivity index is 2.05. The molecule has 2 heterocycles. The van der Waals surface area contributed by atoms with E-state index in [0.29, 0.717) is 12.4 Å². The maximum atomic E-state index is 5.09. The Hall–Kier alpha value is -2.33. The summed E-state index contributed by atoms with van der Waals surface area (Å²) in [7, 11) is 1.65. The second-order valence-electron chi connectivity index (χ2n) is 4.20. The van der Waals surface area contributed by atoms with E-state index in [1.807, 2.05) is 48.7 Å². The van der Waals surface area contributed by atoms with E-state index >= 15 is 0 Å². The van der Waals surface area contributed by atoms with Crippen LogP contribution in [0.2, 0.25) is 0 Å². The molecule has 0 fully saturated rings. The largest absolute Gasteiger partial charge is 0.378 e. The van der Waals surface area contributed by atoms with Crippen LogP contribution in [0, 0.1) is 0 Å². The van der Waals surface area contributed by atoms with E-state index in [2.05, 4.69) is 15.0 Å². The normalized spacial score (nSPS) is 10.8. The van der Waals surface area contributed by atoms with Crippen molar-refractivity contribution in [2.75, 3.05) is 7.11 Å².